The van der Waals surface area contributed by atoms with Gasteiger partial charge in [-0.3, -0.25) is 4.79 Å². The maximum atomic E-state index is 14.4. The highest BCUT2D eigenvalue weighted by atomic mass is 35.5. The van der Waals surface area contributed by atoms with E-state index < -0.39 is 5.91 Å². The maximum absolute atomic E-state index is 14.4. The van der Waals surface area contributed by atoms with Crippen molar-refractivity contribution in [2.75, 3.05) is 24.6 Å². The highest BCUT2D eigenvalue weighted by molar-refractivity contribution is 6.32. The van der Waals surface area contributed by atoms with Crippen LogP contribution in [-0.4, -0.2) is 31.8 Å². The number of anilines is 1. The van der Waals surface area contributed by atoms with Crippen molar-refractivity contribution in [2.24, 2.45) is 5.10 Å². The fraction of sp³-hybridized carbons (Fsp3) is 0.300. The van der Waals surface area contributed by atoms with Crippen LogP contribution < -0.4 is 15.1 Å². The first-order valence-electron chi connectivity index (χ1n) is 8.79. The van der Waals surface area contributed by atoms with Gasteiger partial charge in [0.15, 0.2) is 6.61 Å². The number of hydrazone groups is 1. The maximum Gasteiger partial charge on any atom is 0.277 e. The van der Waals surface area contributed by atoms with E-state index in [9.17, 15) is 9.18 Å². The van der Waals surface area contributed by atoms with Crippen LogP contribution in [0, 0.1) is 12.7 Å². The number of amides is 1. The van der Waals surface area contributed by atoms with E-state index in [1.807, 2.05) is 13.0 Å². The normalized spacial score (nSPS) is 14.0. The fourth-order valence-corrected chi connectivity index (χ4v) is 3.12. The highest BCUT2D eigenvalue weighted by Crippen LogP contribution is 2.26. The molecule has 7 heteroatoms. The number of ether oxygens (including phenoxy) is 1. The SMILES string of the molecule is Cc1cc(N2CCCC2)c(F)cc1C=NNC(=O)COc1ccccc1Cl. The number of carbonyl (C=O) groups excluding carboxylic acids is 1. The summed E-state index contributed by atoms with van der Waals surface area (Å²) in [6.45, 7) is 3.43. The molecule has 2 aromatic carbocycles. The Kier molecular flexibility index (Phi) is 6.29. The monoisotopic (exact) mass is 389 g/mol. The summed E-state index contributed by atoms with van der Waals surface area (Å²) in [7, 11) is 0. The Balaban J connectivity index is 1.56. The minimum absolute atomic E-state index is 0.220. The van der Waals surface area contributed by atoms with Crippen LogP contribution in [0.1, 0.15) is 24.0 Å². The van der Waals surface area contributed by atoms with Crippen molar-refractivity contribution >= 4 is 29.4 Å². The second-order valence-electron chi connectivity index (χ2n) is 6.37. The lowest BCUT2D eigenvalue weighted by Gasteiger charge is -2.19. The smallest absolute Gasteiger partial charge is 0.277 e. The number of carbonyl (C=O) groups is 1. The molecule has 27 heavy (non-hydrogen) atoms. The zero-order valence-corrected chi connectivity index (χ0v) is 15.8. The summed E-state index contributed by atoms with van der Waals surface area (Å²) in [5.74, 6) is -0.288. The van der Waals surface area contributed by atoms with Crippen molar-refractivity contribution in [3.8, 4) is 5.75 Å². The third-order valence-corrected chi connectivity index (χ3v) is 4.68. The van der Waals surface area contributed by atoms with Crippen molar-refractivity contribution in [3.63, 3.8) is 0 Å². The zero-order chi connectivity index (χ0) is 19.2. The number of hydrogen-bond donors (Lipinski definition) is 1. The van der Waals surface area contributed by atoms with Crippen LogP contribution in [0.2, 0.25) is 5.02 Å². The number of aryl methyl sites for hydroxylation is 1. The largest absolute Gasteiger partial charge is 0.482 e. The highest BCUT2D eigenvalue weighted by Gasteiger charge is 2.17. The van der Waals surface area contributed by atoms with Crippen molar-refractivity contribution in [2.45, 2.75) is 19.8 Å². The second-order valence-corrected chi connectivity index (χ2v) is 6.77. The van der Waals surface area contributed by atoms with E-state index in [1.165, 1.54) is 12.3 Å². The van der Waals surface area contributed by atoms with Crippen molar-refractivity contribution in [1.29, 1.82) is 0 Å². The molecule has 1 fully saturated rings. The average molecular weight is 390 g/mol. The summed E-state index contributed by atoms with van der Waals surface area (Å²) in [4.78, 5) is 13.9. The second kappa shape index (κ2) is 8.86. The van der Waals surface area contributed by atoms with Gasteiger partial charge in [0.05, 0.1) is 16.9 Å². The molecule has 1 aliphatic heterocycles. The summed E-state index contributed by atoms with van der Waals surface area (Å²) < 4.78 is 19.7. The van der Waals surface area contributed by atoms with Gasteiger partial charge in [0.1, 0.15) is 11.6 Å². The van der Waals surface area contributed by atoms with Gasteiger partial charge in [-0.2, -0.15) is 5.10 Å². The molecule has 0 aromatic heterocycles. The third kappa shape index (κ3) is 4.98. The molecule has 1 aliphatic rings. The Morgan fingerprint density at radius 1 is 1.33 bits per heavy atom. The summed E-state index contributed by atoms with van der Waals surface area (Å²) >= 11 is 5.96. The average Bonchev–Trinajstić information content (AvgIpc) is 3.18. The number of hydrogen-bond acceptors (Lipinski definition) is 4. The van der Waals surface area contributed by atoms with Gasteiger partial charge in [0.25, 0.3) is 5.91 Å². The Hall–Kier alpha value is -2.60. The summed E-state index contributed by atoms with van der Waals surface area (Å²) in [5.41, 5.74) is 4.50. The predicted molar refractivity (Wildman–Crippen MR) is 105 cm³/mol. The number of halogens is 2. The first kappa shape index (κ1) is 19.2. The lowest BCUT2D eigenvalue weighted by molar-refractivity contribution is -0.123. The predicted octanol–water partition coefficient (Wildman–Crippen LogP) is 3.92. The molecule has 0 saturated carbocycles. The molecule has 0 atom stereocenters. The molecule has 0 bridgehead atoms. The summed E-state index contributed by atoms with van der Waals surface area (Å²) in [5, 5.41) is 4.32. The van der Waals surface area contributed by atoms with E-state index >= 15 is 0 Å². The summed E-state index contributed by atoms with van der Waals surface area (Å²) in [6.07, 6.45) is 3.60. The lowest BCUT2D eigenvalue weighted by Crippen LogP contribution is -2.24. The van der Waals surface area contributed by atoms with Crippen molar-refractivity contribution in [3.05, 3.63) is 58.4 Å². The third-order valence-electron chi connectivity index (χ3n) is 4.37. The van der Waals surface area contributed by atoms with E-state index in [0.29, 0.717) is 22.0 Å². The van der Waals surface area contributed by atoms with Crippen molar-refractivity contribution < 1.29 is 13.9 Å². The number of rotatable bonds is 6. The quantitative estimate of drug-likeness (QED) is 0.602. The van der Waals surface area contributed by atoms with E-state index in [-0.39, 0.29) is 12.4 Å². The Labute approximate surface area is 162 Å². The van der Waals surface area contributed by atoms with Crippen LogP contribution in [0.25, 0.3) is 0 Å². The van der Waals surface area contributed by atoms with E-state index in [2.05, 4.69) is 15.4 Å². The molecule has 142 valence electrons. The van der Waals surface area contributed by atoms with Gasteiger partial charge < -0.3 is 9.64 Å². The zero-order valence-electron chi connectivity index (χ0n) is 15.0. The molecule has 0 radical (unpaired) electrons. The number of benzene rings is 2. The van der Waals surface area contributed by atoms with Gasteiger partial charge in [0, 0.05) is 18.7 Å². The Bertz CT molecular complexity index is 851. The van der Waals surface area contributed by atoms with Gasteiger partial charge in [-0.15, -0.1) is 0 Å². The van der Waals surface area contributed by atoms with Gasteiger partial charge in [0.2, 0.25) is 0 Å². The standard InChI is InChI=1S/C20H21ClFN3O2/c1-14-10-18(25-8-4-5-9-25)17(22)11-15(14)12-23-24-20(26)13-27-19-7-3-2-6-16(19)21/h2-3,6-7,10-12H,4-5,8-9,13H2,1H3,(H,24,26). The minimum atomic E-state index is -0.432. The topological polar surface area (TPSA) is 53.9 Å². The van der Waals surface area contributed by atoms with Crippen LogP contribution in [-0.2, 0) is 4.79 Å². The van der Waals surface area contributed by atoms with E-state index in [4.69, 9.17) is 16.3 Å². The molecular formula is C20H21ClFN3O2. The first-order chi connectivity index (χ1) is 13.0. The molecule has 1 amide bonds. The number of para-hydroxylation sites is 1. The molecule has 1 N–H and O–H groups in total. The van der Waals surface area contributed by atoms with Gasteiger partial charge >= 0.3 is 0 Å². The molecular weight excluding hydrogens is 369 g/mol. The summed E-state index contributed by atoms with van der Waals surface area (Å²) in [6, 6.07) is 10.2. The lowest BCUT2D eigenvalue weighted by atomic mass is 10.1. The minimum Gasteiger partial charge on any atom is -0.482 e. The molecule has 1 saturated heterocycles. The number of nitrogens with one attached hydrogen (secondary N) is 1. The van der Waals surface area contributed by atoms with Crippen LogP contribution >= 0.6 is 11.6 Å². The molecule has 2 aromatic rings. The molecule has 0 aliphatic carbocycles. The first-order valence-corrected chi connectivity index (χ1v) is 9.16. The van der Waals surface area contributed by atoms with Crippen LogP contribution in [0.3, 0.4) is 0 Å². The molecule has 5 nitrogen and oxygen atoms in total. The number of nitrogens with zero attached hydrogens (tertiary/aromatic N) is 2. The van der Waals surface area contributed by atoms with Gasteiger partial charge in [-0.25, -0.2) is 9.82 Å². The molecule has 1 heterocycles. The Morgan fingerprint density at radius 3 is 2.81 bits per heavy atom. The van der Waals surface area contributed by atoms with Crippen LogP contribution in [0.15, 0.2) is 41.5 Å². The molecule has 0 spiro atoms. The van der Waals surface area contributed by atoms with E-state index in [1.54, 1.807) is 24.3 Å². The molecule has 3 rings (SSSR count). The fourth-order valence-electron chi connectivity index (χ4n) is 2.93. The van der Waals surface area contributed by atoms with Crippen LogP contribution in [0.5, 0.6) is 5.75 Å². The van der Waals surface area contributed by atoms with Crippen LogP contribution in [0.4, 0.5) is 10.1 Å². The van der Waals surface area contributed by atoms with Gasteiger partial charge in [-0.05, 0) is 49.6 Å². The van der Waals surface area contributed by atoms with E-state index in [0.717, 1.165) is 31.5 Å². The Morgan fingerprint density at radius 2 is 2.07 bits per heavy atom. The van der Waals surface area contributed by atoms with Crippen molar-refractivity contribution in [1.82, 2.24) is 5.43 Å². The molecule has 0 unspecified atom stereocenters. The van der Waals surface area contributed by atoms with Gasteiger partial charge in [-0.1, -0.05) is 23.7 Å².